The SMILES string of the molecule is COc1cc(/C=C2/C(C)=C(C#N)c3nc(N)c(C#N)c(C)c32)cc(OC)c1O. The lowest BCUT2D eigenvalue weighted by Gasteiger charge is -2.12. The summed E-state index contributed by atoms with van der Waals surface area (Å²) in [5, 5.41) is 29.2. The summed E-state index contributed by atoms with van der Waals surface area (Å²) >= 11 is 0. The Morgan fingerprint density at radius 1 is 1.11 bits per heavy atom. The molecule has 28 heavy (non-hydrogen) atoms. The molecule has 0 bridgehead atoms. The molecule has 3 N–H and O–H groups in total. The number of benzene rings is 1. The largest absolute Gasteiger partial charge is 0.502 e. The second kappa shape index (κ2) is 6.98. The molecule has 0 aliphatic heterocycles. The van der Waals surface area contributed by atoms with Crippen LogP contribution >= 0.6 is 0 Å². The minimum absolute atomic E-state index is 0.0960. The highest BCUT2D eigenvalue weighted by Crippen LogP contribution is 2.45. The number of hydrogen-bond donors (Lipinski definition) is 2. The number of methoxy groups -OCH3 is 2. The number of allylic oxidation sites excluding steroid dienone is 3. The van der Waals surface area contributed by atoms with Crippen LogP contribution in [0.3, 0.4) is 0 Å². The fourth-order valence-electron chi connectivity index (χ4n) is 3.36. The van der Waals surface area contributed by atoms with Gasteiger partial charge in [0.05, 0.1) is 31.1 Å². The molecule has 0 spiro atoms. The van der Waals surface area contributed by atoms with E-state index in [2.05, 4.69) is 17.1 Å². The number of ether oxygens (including phenoxy) is 2. The fraction of sp³-hybridized carbons (Fsp3) is 0.190. The van der Waals surface area contributed by atoms with Crippen molar-refractivity contribution in [3.63, 3.8) is 0 Å². The number of nitrogens with zero attached hydrogens (tertiary/aromatic N) is 3. The molecule has 1 heterocycles. The molecule has 140 valence electrons. The number of hydrogen-bond acceptors (Lipinski definition) is 7. The van der Waals surface area contributed by atoms with Crippen LogP contribution in [0.2, 0.25) is 0 Å². The first-order valence-electron chi connectivity index (χ1n) is 8.36. The maximum absolute atomic E-state index is 10.1. The zero-order valence-corrected chi connectivity index (χ0v) is 15.9. The summed E-state index contributed by atoms with van der Waals surface area (Å²) in [6.45, 7) is 3.61. The summed E-state index contributed by atoms with van der Waals surface area (Å²) < 4.78 is 10.4. The number of nitriles is 2. The van der Waals surface area contributed by atoms with Crippen molar-refractivity contribution in [2.24, 2.45) is 0 Å². The van der Waals surface area contributed by atoms with Crippen molar-refractivity contribution in [3.8, 4) is 29.4 Å². The summed E-state index contributed by atoms with van der Waals surface area (Å²) in [4.78, 5) is 4.31. The third-order valence-corrected chi connectivity index (χ3v) is 4.80. The minimum atomic E-state index is -0.0960. The van der Waals surface area contributed by atoms with Crippen LogP contribution in [0.4, 0.5) is 5.82 Å². The maximum Gasteiger partial charge on any atom is 0.200 e. The summed E-state index contributed by atoms with van der Waals surface area (Å²) in [6.07, 6.45) is 1.84. The van der Waals surface area contributed by atoms with Gasteiger partial charge in [-0.05, 0) is 54.3 Å². The Balaban J connectivity index is 2.32. The van der Waals surface area contributed by atoms with E-state index in [9.17, 15) is 15.6 Å². The number of aromatic nitrogens is 1. The molecule has 1 aliphatic carbocycles. The first kappa shape index (κ1) is 18.8. The van der Waals surface area contributed by atoms with Gasteiger partial charge < -0.3 is 20.3 Å². The first-order valence-corrected chi connectivity index (χ1v) is 8.36. The van der Waals surface area contributed by atoms with E-state index in [4.69, 9.17) is 15.2 Å². The number of nitrogens with two attached hydrogens (primary N) is 1. The number of phenols is 1. The van der Waals surface area contributed by atoms with Gasteiger partial charge in [-0.15, -0.1) is 0 Å². The van der Waals surface area contributed by atoms with Crippen LogP contribution in [0.5, 0.6) is 17.2 Å². The monoisotopic (exact) mass is 374 g/mol. The number of pyridine rings is 1. The third kappa shape index (κ3) is 2.70. The highest BCUT2D eigenvalue weighted by atomic mass is 16.5. The lowest BCUT2D eigenvalue weighted by Crippen LogP contribution is -2.03. The van der Waals surface area contributed by atoms with Gasteiger partial charge in [-0.3, -0.25) is 0 Å². The van der Waals surface area contributed by atoms with Crippen LogP contribution in [0.15, 0.2) is 17.7 Å². The van der Waals surface area contributed by atoms with Crippen molar-refractivity contribution in [2.45, 2.75) is 13.8 Å². The van der Waals surface area contributed by atoms with Gasteiger partial charge in [0, 0.05) is 5.56 Å². The van der Waals surface area contributed by atoms with Crippen LogP contribution in [-0.4, -0.2) is 24.3 Å². The molecule has 0 saturated carbocycles. The van der Waals surface area contributed by atoms with E-state index in [1.54, 1.807) is 19.1 Å². The molecule has 0 radical (unpaired) electrons. The molecule has 1 aromatic carbocycles. The van der Waals surface area contributed by atoms with Gasteiger partial charge >= 0.3 is 0 Å². The average molecular weight is 374 g/mol. The van der Waals surface area contributed by atoms with E-state index < -0.39 is 0 Å². The number of fused-ring (bicyclic) bond motifs is 1. The molecule has 0 unspecified atom stereocenters. The van der Waals surface area contributed by atoms with Crippen molar-refractivity contribution in [2.75, 3.05) is 20.0 Å². The summed E-state index contributed by atoms with van der Waals surface area (Å²) in [5.74, 6) is 0.530. The number of nitrogen functional groups attached to an aromatic ring is 1. The van der Waals surface area contributed by atoms with Gasteiger partial charge in [-0.1, -0.05) is 0 Å². The van der Waals surface area contributed by atoms with Gasteiger partial charge in [0.2, 0.25) is 5.75 Å². The Labute approximate surface area is 162 Å². The smallest absolute Gasteiger partial charge is 0.200 e. The minimum Gasteiger partial charge on any atom is -0.502 e. The third-order valence-electron chi connectivity index (χ3n) is 4.80. The van der Waals surface area contributed by atoms with Gasteiger partial charge in [0.25, 0.3) is 0 Å². The molecule has 7 heteroatoms. The van der Waals surface area contributed by atoms with Gasteiger partial charge in [-0.2, -0.15) is 10.5 Å². The Kier molecular flexibility index (Phi) is 4.69. The van der Waals surface area contributed by atoms with Crippen LogP contribution in [0, 0.1) is 29.6 Å². The number of anilines is 1. The van der Waals surface area contributed by atoms with Gasteiger partial charge in [-0.25, -0.2) is 4.98 Å². The fourth-order valence-corrected chi connectivity index (χ4v) is 3.36. The summed E-state index contributed by atoms with van der Waals surface area (Å²) in [7, 11) is 2.90. The molecule has 0 fully saturated rings. The predicted octanol–water partition coefficient (Wildman–Crippen LogP) is 3.42. The van der Waals surface area contributed by atoms with Gasteiger partial charge in [0.1, 0.15) is 18.0 Å². The average Bonchev–Trinajstić information content (AvgIpc) is 2.94. The van der Waals surface area contributed by atoms with Crippen molar-refractivity contribution in [3.05, 3.63) is 45.7 Å². The quantitative estimate of drug-likeness (QED) is 0.843. The number of phenolic OH excluding ortho intramolecular Hbond substituents is 1. The zero-order chi connectivity index (χ0) is 20.6. The van der Waals surface area contributed by atoms with Crippen LogP contribution in [-0.2, 0) is 0 Å². The topological polar surface area (TPSA) is 125 Å². The first-order chi connectivity index (χ1) is 13.4. The highest BCUT2D eigenvalue weighted by Gasteiger charge is 2.29. The van der Waals surface area contributed by atoms with E-state index in [0.29, 0.717) is 28.0 Å². The van der Waals surface area contributed by atoms with E-state index in [0.717, 1.165) is 11.1 Å². The van der Waals surface area contributed by atoms with Crippen molar-refractivity contribution >= 4 is 23.0 Å². The number of rotatable bonds is 3. The van der Waals surface area contributed by atoms with Gasteiger partial charge in [0.15, 0.2) is 11.5 Å². The Morgan fingerprint density at radius 2 is 1.71 bits per heavy atom. The van der Waals surface area contributed by atoms with Crippen molar-refractivity contribution < 1.29 is 14.6 Å². The van der Waals surface area contributed by atoms with E-state index in [1.807, 2.05) is 13.0 Å². The molecule has 2 aromatic rings. The van der Waals surface area contributed by atoms with Crippen LogP contribution < -0.4 is 15.2 Å². The normalized spacial score (nSPS) is 13.9. The van der Waals surface area contributed by atoms with E-state index >= 15 is 0 Å². The Morgan fingerprint density at radius 3 is 2.21 bits per heavy atom. The second-order valence-corrected chi connectivity index (χ2v) is 6.28. The second-order valence-electron chi connectivity index (χ2n) is 6.28. The molecule has 0 atom stereocenters. The lowest BCUT2D eigenvalue weighted by atomic mass is 9.95. The van der Waals surface area contributed by atoms with Crippen molar-refractivity contribution in [1.82, 2.24) is 4.98 Å². The Hall–Kier alpha value is -3.97. The molecule has 3 rings (SSSR count). The summed E-state index contributed by atoms with van der Waals surface area (Å²) in [6, 6.07) is 7.58. The molecular formula is C21H18N4O3. The standard InChI is InChI=1S/C21H18N4O3/c1-10-13(5-12-6-16(27-3)20(26)17(7-12)28-4)18-11(2)15(9-23)21(24)25-19(18)14(10)8-22/h5-7,26H,1-4H3,(H2,24,25)/b13-5-. The molecule has 1 aliphatic rings. The maximum atomic E-state index is 10.1. The molecule has 7 nitrogen and oxygen atoms in total. The predicted molar refractivity (Wildman–Crippen MR) is 105 cm³/mol. The van der Waals surface area contributed by atoms with E-state index in [-0.39, 0.29) is 28.6 Å². The zero-order valence-electron chi connectivity index (χ0n) is 15.9. The molecular weight excluding hydrogens is 356 g/mol. The van der Waals surface area contributed by atoms with Crippen LogP contribution in [0.1, 0.15) is 34.9 Å². The highest BCUT2D eigenvalue weighted by molar-refractivity contribution is 6.08. The number of aromatic hydroxyl groups is 1. The molecule has 1 aromatic heterocycles. The van der Waals surface area contributed by atoms with Crippen molar-refractivity contribution in [1.29, 1.82) is 10.5 Å². The molecule has 0 amide bonds. The molecule has 0 saturated heterocycles. The Bertz CT molecular complexity index is 1120. The summed E-state index contributed by atoms with van der Waals surface area (Å²) in [5.41, 5.74) is 10.6. The lowest BCUT2D eigenvalue weighted by molar-refractivity contribution is 0.340. The van der Waals surface area contributed by atoms with E-state index in [1.165, 1.54) is 14.2 Å². The van der Waals surface area contributed by atoms with Crippen LogP contribution in [0.25, 0.3) is 17.2 Å².